The van der Waals surface area contributed by atoms with Crippen LogP contribution in [-0.2, 0) is 0 Å². The zero-order valence-corrected chi connectivity index (χ0v) is 9.25. The summed E-state index contributed by atoms with van der Waals surface area (Å²) in [5, 5.41) is 0.621. The van der Waals surface area contributed by atoms with Gasteiger partial charge in [0.2, 0.25) is 0 Å². The Labute approximate surface area is 96.5 Å². The highest BCUT2D eigenvalue weighted by Crippen LogP contribution is 2.21. The summed E-state index contributed by atoms with van der Waals surface area (Å²) < 4.78 is 26.3. The predicted octanol–water partition coefficient (Wildman–Crippen LogP) is 3.77. The monoisotopic (exact) mass is 242 g/mol. The van der Waals surface area contributed by atoms with E-state index >= 15 is 0 Å². The molecule has 2 aromatic rings. The third-order valence-corrected chi connectivity index (χ3v) is 2.50. The van der Waals surface area contributed by atoms with Crippen LogP contribution in [0.2, 0.25) is 5.02 Å². The zero-order chi connectivity index (χ0) is 11.7. The Kier molecular flexibility index (Phi) is 2.92. The SMILES string of the molecule is Cc1cc(Cl)ccc1-n1cnc(C(F)F)c1. The largest absolute Gasteiger partial charge is 0.306 e. The van der Waals surface area contributed by atoms with Crippen LogP contribution in [0.4, 0.5) is 8.78 Å². The Morgan fingerprint density at radius 3 is 2.69 bits per heavy atom. The van der Waals surface area contributed by atoms with Crippen molar-refractivity contribution < 1.29 is 8.78 Å². The van der Waals surface area contributed by atoms with Gasteiger partial charge in [-0.25, -0.2) is 13.8 Å². The van der Waals surface area contributed by atoms with Crippen LogP contribution in [0.25, 0.3) is 5.69 Å². The number of alkyl halides is 2. The van der Waals surface area contributed by atoms with Crippen molar-refractivity contribution in [3.05, 3.63) is 47.0 Å². The van der Waals surface area contributed by atoms with Crippen LogP contribution in [0.3, 0.4) is 0 Å². The molecule has 0 N–H and O–H groups in total. The summed E-state index contributed by atoms with van der Waals surface area (Å²) in [6.45, 7) is 1.86. The number of hydrogen-bond acceptors (Lipinski definition) is 1. The van der Waals surface area contributed by atoms with Crippen LogP contribution >= 0.6 is 11.6 Å². The highest BCUT2D eigenvalue weighted by atomic mass is 35.5. The van der Waals surface area contributed by atoms with E-state index < -0.39 is 6.43 Å². The van der Waals surface area contributed by atoms with E-state index in [9.17, 15) is 8.78 Å². The Morgan fingerprint density at radius 2 is 2.12 bits per heavy atom. The van der Waals surface area contributed by atoms with Crippen LogP contribution in [0.5, 0.6) is 0 Å². The van der Waals surface area contributed by atoms with Gasteiger partial charge in [-0.2, -0.15) is 0 Å². The Hall–Kier alpha value is -1.42. The number of rotatable bonds is 2. The van der Waals surface area contributed by atoms with Crippen LogP contribution in [0.15, 0.2) is 30.7 Å². The highest BCUT2D eigenvalue weighted by molar-refractivity contribution is 6.30. The van der Waals surface area contributed by atoms with Gasteiger partial charge in [-0.3, -0.25) is 0 Å². The fourth-order valence-electron chi connectivity index (χ4n) is 1.49. The van der Waals surface area contributed by atoms with Gasteiger partial charge in [0.15, 0.2) is 0 Å². The van der Waals surface area contributed by atoms with Gasteiger partial charge in [0, 0.05) is 16.9 Å². The molecule has 1 heterocycles. The van der Waals surface area contributed by atoms with Gasteiger partial charge in [0.25, 0.3) is 6.43 Å². The van der Waals surface area contributed by atoms with Gasteiger partial charge in [0.05, 0.1) is 6.33 Å². The lowest BCUT2D eigenvalue weighted by Gasteiger charge is -2.06. The van der Waals surface area contributed by atoms with Crippen LogP contribution < -0.4 is 0 Å². The van der Waals surface area contributed by atoms with E-state index in [2.05, 4.69) is 4.98 Å². The summed E-state index contributed by atoms with van der Waals surface area (Å²) in [6.07, 6.45) is 0.146. The molecule has 0 fully saturated rings. The summed E-state index contributed by atoms with van der Waals surface area (Å²) in [4.78, 5) is 3.64. The molecule has 0 atom stereocenters. The summed E-state index contributed by atoms with van der Waals surface area (Å²) in [7, 11) is 0. The number of halogens is 3. The number of benzene rings is 1. The molecule has 16 heavy (non-hydrogen) atoms. The van der Waals surface area contributed by atoms with E-state index in [0.717, 1.165) is 11.3 Å². The van der Waals surface area contributed by atoms with Gasteiger partial charge in [-0.15, -0.1) is 0 Å². The van der Waals surface area contributed by atoms with Crippen molar-refractivity contribution in [2.75, 3.05) is 0 Å². The molecular formula is C11H9ClF2N2. The standard InChI is InChI=1S/C11H9ClF2N2/c1-7-4-8(12)2-3-10(7)16-5-9(11(13)14)15-6-16/h2-6,11H,1H3. The van der Waals surface area contributed by atoms with Crippen LogP contribution in [0.1, 0.15) is 17.7 Å². The van der Waals surface area contributed by atoms with Gasteiger partial charge in [-0.05, 0) is 30.7 Å². The number of hydrogen-bond donors (Lipinski definition) is 0. The predicted molar refractivity (Wildman–Crippen MR) is 58.3 cm³/mol. The van der Waals surface area contributed by atoms with Crippen molar-refractivity contribution in [1.29, 1.82) is 0 Å². The van der Waals surface area contributed by atoms with E-state index in [1.165, 1.54) is 12.5 Å². The fourth-order valence-corrected chi connectivity index (χ4v) is 1.72. The molecule has 0 radical (unpaired) electrons. The van der Waals surface area contributed by atoms with E-state index in [1.54, 1.807) is 22.8 Å². The molecule has 84 valence electrons. The van der Waals surface area contributed by atoms with E-state index in [1.807, 2.05) is 6.92 Å². The molecule has 0 aliphatic carbocycles. The first kappa shape index (κ1) is 11.1. The summed E-state index contributed by atoms with van der Waals surface area (Å²) in [5.74, 6) is 0. The smallest absolute Gasteiger partial charge is 0.281 e. The topological polar surface area (TPSA) is 17.8 Å². The van der Waals surface area contributed by atoms with Crippen LogP contribution in [-0.4, -0.2) is 9.55 Å². The number of imidazole rings is 1. The first-order valence-corrected chi connectivity index (χ1v) is 5.04. The minimum absolute atomic E-state index is 0.227. The molecule has 5 heteroatoms. The van der Waals surface area contributed by atoms with Gasteiger partial charge in [-0.1, -0.05) is 11.6 Å². The van der Waals surface area contributed by atoms with Crippen molar-refractivity contribution >= 4 is 11.6 Å². The minimum atomic E-state index is -2.55. The fraction of sp³-hybridized carbons (Fsp3) is 0.182. The van der Waals surface area contributed by atoms with Gasteiger partial charge < -0.3 is 4.57 Å². The van der Waals surface area contributed by atoms with Crippen molar-refractivity contribution in [3.63, 3.8) is 0 Å². The molecule has 0 aliphatic rings. The number of aromatic nitrogens is 2. The summed E-state index contributed by atoms with van der Waals surface area (Å²) in [5.41, 5.74) is 1.48. The van der Waals surface area contributed by atoms with Crippen LogP contribution in [0, 0.1) is 6.92 Å². The molecule has 0 bridgehead atoms. The van der Waals surface area contributed by atoms with E-state index in [4.69, 9.17) is 11.6 Å². The van der Waals surface area contributed by atoms with Gasteiger partial charge in [0.1, 0.15) is 5.69 Å². The average Bonchev–Trinajstić information content (AvgIpc) is 2.66. The quantitative estimate of drug-likeness (QED) is 0.784. The first-order chi connectivity index (χ1) is 7.58. The van der Waals surface area contributed by atoms with Crippen molar-refractivity contribution in [2.24, 2.45) is 0 Å². The average molecular weight is 243 g/mol. The molecule has 0 spiro atoms. The zero-order valence-electron chi connectivity index (χ0n) is 8.49. The molecule has 0 saturated heterocycles. The molecule has 2 nitrogen and oxygen atoms in total. The molecular weight excluding hydrogens is 234 g/mol. The minimum Gasteiger partial charge on any atom is -0.306 e. The second-order valence-corrected chi connectivity index (χ2v) is 3.87. The molecule has 1 aromatic heterocycles. The van der Waals surface area contributed by atoms with Crippen molar-refractivity contribution in [1.82, 2.24) is 9.55 Å². The molecule has 2 rings (SSSR count). The molecule has 0 saturated carbocycles. The normalized spacial score (nSPS) is 11.1. The summed E-state index contributed by atoms with van der Waals surface area (Å²) >= 11 is 5.82. The lowest BCUT2D eigenvalue weighted by Crippen LogP contribution is -1.93. The van der Waals surface area contributed by atoms with Gasteiger partial charge >= 0.3 is 0 Å². The maximum Gasteiger partial charge on any atom is 0.281 e. The molecule has 0 aliphatic heterocycles. The number of aryl methyl sites for hydroxylation is 1. The Balaban J connectivity index is 2.42. The van der Waals surface area contributed by atoms with E-state index in [-0.39, 0.29) is 5.69 Å². The maximum atomic E-state index is 12.4. The molecule has 0 unspecified atom stereocenters. The van der Waals surface area contributed by atoms with Crippen molar-refractivity contribution in [3.8, 4) is 5.69 Å². The third kappa shape index (κ3) is 2.07. The molecule has 1 aromatic carbocycles. The first-order valence-electron chi connectivity index (χ1n) is 4.66. The Morgan fingerprint density at radius 1 is 1.38 bits per heavy atom. The van der Waals surface area contributed by atoms with E-state index in [0.29, 0.717) is 5.02 Å². The van der Waals surface area contributed by atoms with Crippen molar-refractivity contribution in [2.45, 2.75) is 13.3 Å². The second kappa shape index (κ2) is 4.22. The number of nitrogens with zero attached hydrogens (tertiary/aromatic N) is 2. The summed E-state index contributed by atoms with van der Waals surface area (Å²) in [6, 6.07) is 5.26. The second-order valence-electron chi connectivity index (χ2n) is 3.44. The third-order valence-electron chi connectivity index (χ3n) is 2.26. The lowest BCUT2D eigenvalue weighted by molar-refractivity contribution is 0.146. The Bertz CT molecular complexity index is 508. The maximum absolute atomic E-state index is 12.4. The molecule has 0 amide bonds. The highest BCUT2D eigenvalue weighted by Gasteiger charge is 2.11. The lowest BCUT2D eigenvalue weighted by atomic mass is 10.2.